The Morgan fingerprint density at radius 1 is 1.14 bits per heavy atom. The zero-order valence-electron chi connectivity index (χ0n) is 15.6. The molecule has 29 heavy (non-hydrogen) atoms. The maximum absolute atomic E-state index is 12.7. The average molecular weight is 431 g/mol. The number of carbonyl (C=O) groups excluding carboxylic acids is 1. The SMILES string of the molecule is O=C(Nc1ccccc1Cl)C1CCCN(Cc2nc(-c3ccccc3Cl)no2)C1. The van der Waals surface area contributed by atoms with Crippen LogP contribution in [-0.2, 0) is 11.3 Å². The summed E-state index contributed by atoms with van der Waals surface area (Å²) in [6, 6.07) is 14.6. The molecule has 0 spiro atoms. The van der Waals surface area contributed by atoms with E-state index in [0.29, 0.717) is 40.5 Å². The molecule has 0 bridgehead atoms. The molecule has 2 aromatic carbocycles. The van der Waals surface area contributed by atoms with E-state index in [-0.39, 0.29) is 11.8 Å². The Morgan fingerprint density at radius 3 is 2.69 bits per heavy atom. The normalized spacial score (nSPS) is 17.2. The van der Waals surface area contributed by atoms with Crippen LogP contribution in [0.1, 0.15) is 18.7 Å². The molecular weight excluding hydrogens is 411 g/mol. The van der Waals surface area contributed by atoms with Gasteiger partial charge in [-0.05, 0) is 43.7 Å². The molecule has 1 saturated heterocycles. The van der Waals surface area contributed by atoms with Crippen LogP contribution in [0, 0.1) is 5.92 Å². The summed E-state index contributed by atoms with van der Waals surface area (Å²) in [4.78, 5) is 19.3. The van der Waals surface area contributed by atoms with E-state index in [1.165, 1.54) is 0 Å². The summed E-state index contributed by atoms with van der Waals surface area (Å²) in [5.74, 6) is 0.832. The van der Waals surface area contributed by atoms with Crippen LogP contribution >= 0.6 is 23.2 Å². The molecular formula is C21H20Cl2N4O2. The van der Waals surface area contributed by atoms with Crippen LogP contribution in [0.3, 0.4) is 0 Å². The quantitative estimate of drug-likeness (QED) is 0.623. The third kappa shape index (κ3) is 4.78. The van der Waals surface area contributed by atoms with Crippen LogP contribution in [0.25, 0.3) is 11.4 Å². The van der Waals surface area contributed by atoms with Crippen LogP contribution in [0.4, 0.5) is 5.69 Å². The fraction of sp³-hybridized carbons (Fsp3) is 0.286. The van der Waals surface area contributed by atoms with Gasteiger partial charge in [-0.2, -0.15) is 4.98 Å². The van der Waals surface area contributed by atoms with Gasteiger partial charge in [0.15, 0.2) is 0 Å². The van der Waals surface area contributed by atoms with E-state index >= 15 is 0 Å². The molecule has 2 heterocycles. The number of aromatic nitrogens is 2. The van der Waals surface area contributed by atoms with Crippen LogP contribution in [0.2, 0.25) is 10.0 Å². The Labute approximate surface area is 178 Å². The van der Waals surface area contributed by atoms with Gasteiger partial charge in [0.25, 0.3) is 0 Å². The molecule has 1 fully saturated rings. The predicted molar refractivity (Wildman–Crippen MR) is 113 cm³/mol. The third-order valence-corrected chi connectivity index (χ3v) is 5.61. The molecule has 1 amide bonds. The lowest BCUT2D eigenvalue weighted by atomic mass is 9.97. The van der Waals surface area contributed by atoms with E-state index in [1.54, 1.807) is 18.2 Å². The number of piperidine rings is 1. The monoisotopic (exact) mass is 430 g/mol. The number of amides is 1. The first-order valence-electron chi connectivity index (χ1n) is 9.45. The summed E-state index contributed by atoms with van der Waals surface area (Å²) in [7, 11) is 0. The highest BCUT2D eigenvalue weighted by molar-refractivity contribution is 6.33. The lowest BCUT2D eigenvalue weighted by molar-refractivity contribution is -0.121. The Morgan fingerprint density at radius 2 is 1.90 bits per heavy atom. The molecule has 0 saturated carbocycles. The summed E-state index contributed by atoms with van der Waals surface area (Å²) in [5, 5.41) is 8.09. The summed E-state index contributed by atoms with van der Waals surface area (Å²) < 4.78 is 5.40. The van der Waals surface area contributed by atoms with Crippen LogP contribution in [0.5, 0.6) is 0 Å². The van der Waals surface area contributed by atoms with Gasteiger partial charge in [0.05, 0.1) is 28.2 Å². The van der Waals surface area contributed by atoms with Crippen molar-refractivity contribution in [1.82, 2.24) is 15.0 Å². The van der Waals surface area contributed by atoms with Crippen molar-refractivity contribution in [3.63, 3.8) is 0 Å². The molecule has 3 aromatic rings. The van der Waals surface area contributed by atoms with Crippen molar-refractivity contribution in [2.24, 2.45) is 5.92 Å². The standard InChI is InChI=1S/C21H20Cl2N4O2/c22-16-8-2-1-7-15(16)20-25-19(29-26-20)13-27-11-5-6-14(12-27)21(28)24-18-10-4-3-9-17(18)23/h1-4,7-10,14H,5-6,11-13H2,(H,24,28). The van der Waals surface area contributed by atoms with Crippen molar-refractivity contribution >= 4 is 34.8 Å². The van der Waals surface area contributed by atoms with Crippen LogP contribution < -0.4 is 5.32 Å². The van der Waals surface area contributed by atoms with Crippen molar-refractivity contribution < 1.29 is 9.32 Å². The van der Waals surface area contributed by atoms with E-state index in [0.717, 1.165) is 24.9 Å². The lowest BCUT2D eigenvalue weighted by Crippen LogP contribution is -2.40. The Hall–Kier alpha value is -2.41. The number of para-hydroxylation sites is 1. The summed E-state index contributed by atoms with van der Waals surface area (Å²) in [6.07, 6.45) is 1.76. The van der Waals surface area contributed by atoms with Gasteiger partial charge in [-0.1, -0.05) is 52.6 Å². The fourth-order valence-corrected chi connectivity index (χ4v) is 3.88. The van der Waals surface area contributed by atoms with Crippen molar-refractivity contribution in [2.75, 3.05) is 18.4 Å². The molecule has 4 rings (SSSR count). The maximum atomic E-state index is 12.7. The number of nitrogens with one attached hydrogen (secondary N) is 1. The Bertz CT molecular complexity index is 1010. The smallest absolute Gasteiger partial charge is 0.241 e. The fourth-order valence-electron chi connectivity index (χ4n) is 3.47. The second kappa shape index (κ2) is 8.95. The molecule has 8 heteroatoms. The van der Waals surface area contributed by atoms with E-state index in [4.69, 9.17) is 27.7 Å². The van der Waals surface area contributed by atoms with E-state index in [2.05, 4.69) is 20.4 Å². The zero-order valence-corrected chi connectivity index (χ0v) is 17.2. The van der Waals surface area contributed by atoms with Crippen molar-refractivity contribution in [3.8, 4) is 11.4 Å². The number of hydrogen-bond donors (Lipinski definition) is 1. The van der Waals surface area contributed by atoms with E-state index in [9.17, 15) is 4.79 Å². The molecule has 1 aliphatic heterocycles. The van der Waals surface area contributed by atoms with Gasteiger partial charge in [0, 0.05) is 12.1 Å². The minimum absolute atomic E-state index is 0.0231. The minimum atomic E-state index is -0.119. The lowest BCUT2D eigenvalue weighted by Gasteiger charge is -2.30. The number of benzene rings is 2. The van der Waals surface area contributed by atoms with Crippen molar-refractivity contribution in [2.45, 2.75) is 19.4 Å². The number of anilines is 1. The number of rotatable bonds is 5. The predicted octanol–water partition coefficient (Wildman–Crippen LogP) is 4.89. The summed E-state index contributed by atoms with van der Waals surface area (Å²) in [5.41, 5.74) is 1.37. The highest BCUT2D eigenvalue weighted by Crippen LogP contribution is 2.26. The molecule has 1 unspecified atom stereocenters. The third-order valence-electron chi connectivity index (χ3n) is 4.95. The maximum Gasteiger partial charge on any atom is 0.241 e. The first-order chi connectivity index (χ1) is 14.1. The topological polar surface area (TPSA) is 71.3 Å². The molecule has 1 aliphatic rings. The van der Waals surface area contributed by atoms with Crippen molar-refractivity contribution in [1.29, 1.82) is 0 Å². The van der Waals surface area contributed by atoms with Gasteiger partial charge in [-0.3, -0.25) is 9.69 Å². The molecule has 0 aliphatic carbocycles. The van der Waals surface area contributed by atoms with Crippen LogP contribution in [0.15, 0.2) is 53.1 Å². The first-order valence-corrected chi connectivity index (χ1v) is 10.2. The average Bonchev–Trinajstić information content (AvgIpc) is 3.18. The van der Waals surface area contributed by atoms with Gasteiger partial charge in [0.2, 0.25) is 17.6 Å². The second-order valence-electron chi connectivity index (χ2n) is 7.03. The first kappa shape index (κ1) is 19.9. The Balaban J connectivity index is 1.39. The van der Waals surface area contributed by atoms with Crippen LogP contribution in [-0.4, -0.2) is 34.0 Å². The van der Waals surface area contributed by atoms with Gasteiger partial charge in [-0.15, -0.1) is 0 Å². The highest BCUT2D eigenvalue weighted by Gasteiger charge is 2.27. The molecule has 150 valence electrons. The van der Waals surface area contributed by atoms with Gasteiger partial charge in [0.1, 0.15) is 0 Å². The molecule has 0 radical (unpaired) electrons. The summed E-state index contributed by atoms with van der Waals surface area (Å²) >= 11 is 12.4. The highest BCUT2D eigenvalue weighted by atomic mass is 35.5. The molecule has 1 aromatic heterocycles. The minimum Gasteiger partial charge on any atom is -0.338 e. The number of likely N-dealkylation sites (tertiary alicyclic amines) is 1. The Kier molecular flexibility index (Phi) is 6.13. The molecule has 1 atom stereocenters. The van der Waals surface area contributed by atoms with Gasteiger partial charge < -0.3 is 9.84 Å². The van der Waals surface area contributed by atoms with E-state index < -0.39 is 0 Å². The van der Waals surface area contributed by atoms with E-state index in [1.807, 2.05) is 30.3 Å². The van der Waals surface area contributed by atoms with Crippen molar-refractivity contribution in [3.05, 3.63) is 64.5 Å². The number of hydrogen-bond acceptors (Lipinski definition) is 5. The number of nitrogens with zero attached hydrogens (tertiary/aromatic N) is 3. The summed E-state index contributed by atoms with van der Waals surface area (Å²) in [6.45, 7) is 1.99. The van der Waals surface area contributed by atoms with Gasteiger partial charge in [-0.25, -0.2) is 0 Å². The second-order valence-corrected chi connectivity index (χ2v) is 7.85. The molecule has 1 N–H and O–H groups in total. The molecule has 6 nitrogen and oxygen atoms in total. The van der Waals surface area contributed by atoms with Gasteiger partial charge >= 0.3 is 0 Å². The number of carbonyl (C=O) groups is 1. The zero-order chi connectivity index (χ0) is 20.2. The largest absolute Gasteiger partial charge is 0.338 e. The number of halogens is 2.